The van der Waals surface area contributed by atoms with Crippen molar-refractivity contribution in [2.75, 3.05) is 33.2 Å². The Hall–Kier alpha value is -2.26. The number of benzene rings is 2. The number of carbonyl (C=O) groups is 1. The van der Waals surface area contributed by atoms with Gasteiger partial charge in [-0.1, -0.05) is 24.3 Å². The van der Waals surface area contributed by atoms with Gasteiger partial charge in [-0.15, -0.1) is 0 Å². The van der Waals surface area contributed by atoms with E-state index < -0.39 is 10.0 Å². The first kappa shape index (κ1) is 23.4. The molecule has 0 radical (unpaired) electrons. The second-order valence-electron chi connectivity index (χ2n) is 8.38. The van der Waals surface area contributed by atoms with Gasteiger partial charge in [-0.05, 0) is 56.3 Å². The third kappa shape index (κ3) is 6.87. The number of hydrogen-bond acceptors (Lipinski definition) is 5. The van der Waals surface area contributed by atoms with Crippen LogP contribution in [-0.4, -0.2) is 63.4 Å². The lowest BCUT2D eigenvalue weighted by Crippen LogP contribution is -2.43. The van der Waals surface area contributed by atoms with E-state index in [0.717, 1.165) is 38.3 Å². The summed E-state index contributed by atoms with van der Waals surface area (Å²) in [6.45, 7) is 9.16. The molecule has 3 rings (SSSR count). The van der Waals surface area contributed by atoms with E-state index >= 15 is 0 Å². The SMILES string of the molecule is CC(C)NS(=O)(=O)c1ccc(C(=O)NCc2cccc(CN3CCN(C)CC3)c2)cc1. The maximum Gasteiger partial charge on any atom is 0.251 e. The third-order valence-corrected chi connectivity index (χ3v) is 6.94. The van der Waals surface area contributed by atoms with Gasteiger partial charge in [-0.25, -0.2) is 13.1 Å². The molecule has 0 bridgehead atoms. The molecule has 8 heteroatoms. The summed E-state index contributed by atoms with van der Waals surface area (Å²) < 4.78 is 26.9. The maximum absolute atomic E-state index is 12.5. The first-order valence-corrected chi connectivity index (χ1v) is 12.1. The van der Waals surface area contributed by atoms with Crippen molar-refractivity contribution in [3.63, 3.8) is 0 Å². The van der Waals surface area contributed by atoms with Crippen LogP contribution >= 0.6 is 0 Å². The lowest BCUT2D eigenvalue weighted by molar-refractivity contribution is 0.0950. The van der Waals surface area contributed by atoms with Crippen molar-refractivity contribution in [1.82, 2.24) is 19.8 Å². The second-order valence-corrected chi connectivity index (χ2v) is 10.1. The molecule has 168 valence electrons. The Balaban J connectivity index is 1.56. The van der Waals surface area contributed by atoms with E-state index in [1.807, 2.05) is 12.1 Å². The largest absolute Gasteiger partial charge is 0.348 e. The predicted octanol–water partition coefficient (Wildman–Crippen LogP) is 2.05. The molecule has 0 saturated carbocycles. The van der Waals surface area contributed by atoms with Crippen LogP contribution in [0.15, 0.2) is 53.4 Å². The molecule has 1 aliphatic heterocycles. The first-order valence-electron chi connectivity index (χ1n) is 10.6. The average molecular weight is 445 g/mol. The summed E-state index contributed by atoms with van der Waals surface area (Å²) in [6, 6.07) is 14.1. The Bertz CT molecular complexity index is 982. The lowest BCUT2D eigenvalue weighted by atomic mass is 10.1. The Kier molecular flexibility index (Phi) is 7.83. The fourth-order valence-corrected chi connectivity index (χ4v) is 4.80. The Morgan fingerprint density at radius 1 is 1.00 bits per heavy atom. The molecular formula is C23H32N4O3S. The van der Waals surface area contributed by atoms with Crippen LogP contribution in [0.1, 0.15) is 35.3 Å². The summed E-state index contributed by atoms with van der Waals surface area (Å²) in [5.74, 6) is -0.231. The molecule has 1 saturated heterocycles. The highest BCUT2D eigenvalue weighted by Crippen LogP contribution is 2.13. The van der Waals surface area contributed by atoms with E-state index in [1.54, 1.807) is 13.8 Å². The number of amides is 1. The van der Waals surface area contributed by atoms with Crippen LogP contribution < -0.4 is 10.0 Å². The molecule has 1 fully saturated rings. The van der Waals surface area contributed by atoms with Crippen molar-refractivity contribution >= 4 is 15.9 Å². The molecule has 7 nitrogen and oxygen atoms in total. The summed E-state index contributed by atoms with van der Waals surface area (Å²) in [6.07, 6.45) is 0. The number of carbonyl (C=O) groups excluding carboxylic acids is 1. The highest BCUT2D eigenvalue weighted by Gasteiger charge is 2.16. The summed E-state index contributed by atoms with van der Waals surface area (Å²) in [4.78, 5) is 17.4. The molecule has 1 amide bonds. The van der Waals surface area contributed by atoms with Crippen LogP contribution in [0.2, 0.25) is 0 Å². The Morgan fingerprint density at radius 3 is 2.29 bits per heavy atom. The molecule has 0 unspecified atom stereocenters. The number of piperazine rings is 1. The summed E-state index contributed by atoms with van der Waals surface area (Å²) in [5, 5.41) is 2.92. The smallest absolute Gasteiger partial charge is 0.251 e. The Morgan fingerprint density at radius 2 is 1.65 bits per heavy atom. The van der Waals surface area contributed by atoms with Crippen LogP contribution in [0.4, 0.5) is 0 Å². The first-order chi connectivity index (χ1) is 14.7. The van der Waals surface area contributed by atoms with E-state index in [4.69, 9.17) is 0 Å². The predicted molar refractivity (Wildman–Crippen MR) is 122 cm³/mol. The van der Waals surface area contributed by atoms with Crippen molar-refractivity contribution < 1.29 is 13.2 Å². The zero-order valence-corrected chi connectivity index (χ0v) is 19.3. The minimum absolute atomic E-state index is 0.148. The second kappa shape index (κ2) is 10.4. The molecule has 2 N–H and O–H groups in total. The van der Waals surface area contributed by atoms with Gasteiger partial charge in [0.2, 0.25) is 10.0 Å². The van der Waals surface area contributed by atoms with Crippen molar-refractivity contribution in [2.45, 2.75) is 37.9 Å². The number of nitrogens with zero attached hydrogens (tertiary/aromatic N) is 2. The van der Waals surface area contributed by atoms with Gasteiger partial charge >= 0.3 is 0 Å². The van der Waals surface area contributed by atoms with E-state index in [1.165, 1.54) is 29.8 Å². The molecule has 0 aliphatic carbocycles. The number of likely N-dealkylation sites (N-methyl/N-ethyl adjacent to an activating group) is 1. The topological polar surface area (TPSA) is 81.7 Å². The number of nitrogens with one attached hydrogen (secondary N) is 2. The zero-order valence-electron chi connectivity index (χ0n) is 18.5. The normalized spacial score (nSPS) is 15.9. The molecule has 2 aromatic carbocycles. The van der Waals surface area contributed by atoms with E-state index in [-0.39, 0.29) is 16.8 Å². The van der Waals surface area contributed by atoms with Gasteiger partial charge in [-0.3, -0.25) is 9.69 Å². The van der Waals surface area contributed by atoms with Gasteiger partial charge < -0.3 is 10.2 Å². The molecule has 2 aromatic rings. The van der Waals surface area contributed by atoms with Crippen molar-refractivity contribution in [1.29, 1.82) is 0 Å². The lowest BCUT2D eigenvalue weighted by Gasteiger charge is -2.32. The molecule has 1 aliphatic rings. The van der Waals surface area contributed by atoms with E-state index in [0.29, 0.717) is 12.1 Å². The minimum Gasteiger partial charge on any atom is -0.348 e. The van der Waals surface area contributed by atoms with Crippen LogP contribution in [0.25, 0.3) is 0 Å². The summed E-state index contributed by atoms with van der Waals surface area (Å²) in [7, 11) is -1.42. The quantitative estimate of drug-likeness (QED) is 0.651. The summed E-state index contributed by atoms with van der Waals surface area (Å²) >= 11 is 0. The van der Waals surface area contributed by atoms with Crippen LogP contribution in [0.3, 0.4) is 0 Å². The summed E-state index contributed by atoms with van der Waals surface area (Å²) in [5.41, 5.74) is 2.71. The third-order valence-electron chi connectivity index (χ3n) is 5.26. The average Bonchev–Trinajstić information content (AvgIpc) is 2.73. The van der Waals surface area contributed by atoms with Gasteiger partial charge in [0, 0.05) is 50.9 Å². The van der Waals surface area contributed by atoms with Gasteiger partial charge in [0.1, 0.15) is 0 Å². The zero-order chi connectivity index (χ0) is 22.4. The van der Waals surface area contributed by atoms with Gasteiger partial charge in [0.05, 0.1) is 4.90 Å². The Labute approximate surface area is 185 Å². The van der Waals surface area contributed by atoms with E-state index in [9.17, 15) is 13.2 Å². The fraction of sp³-hybridized carbons (Fsp3) is 0.435. The van der Waals surface area contributed by atoms with Gasteiger partial charge in [-0.2, -0.15) is 0 Å². The number of sulfonamides is 1. The van der Waals surface area contributed by atoms with Crippen LogP contribution in [0.5, 0.6) is 0 Å². The molecule has 1 heterocycles. The number of hydrogen-bond donors (Lipinski definition) is 2. The molecular weight excluding hydrogens is 412 g/mol. The highest BCUT2D eigenvalue weighted by atomic mass is 32.2. The highest BCUT2D eigenvalue weighted by molar-refractivity contribution is 7.89. The van der Waals surface area contributed by atoms with Gasteiger partial charge in [0.15, 0.2) is 0 Å². The molecule has 31 heavy (non-hydrogen) atoms. The molecule has 0 aromatic heterocycles. The van der Waals surface area contributed by atoms with Crippen molar-refractivity contribution in [2.24, 2.45) is 0 Å². The van der Waals surface area contributed by atoms with Gasteiger partial charge in [0.25, 0.3) is 5.91 Å². The molecule has 0 spiro atoms. The maximum atomic E-state index is 12.5. The monoisotopic (exact) mass is 444 g/mol. The van der Waals surface area contributed by atoms with Crippen LogP contribution in [0, 0.1) is 0 Å². The fourth-order valence-electron chi connectivity index (χ4n) is 3.55. The molecule has 0 atom stereocenters. The number of rotatable bonds is 8. The van der Waals surface area contributed by atoms with Crippen molar-refractivity contribution in [3.05, 3.63) is 65.2 Å². The minimum atomic E-state index is -3.57. The van der Waals surface area contributed by atoms with E-state index in [2.05, 4.69) is 39.0 Å². The van der Waals surface area contributed by atoms with Crippen LogP contribution in [-0.2, 0) is 23.1 Å². The standard InChI is InChI=1S/C23H32N4O3S/c1-18(2)25-31(29,30)22-9-7-21(8-10-22)23(28)24-16-19-5-4-6-20(15-19)17-27-13-11-26(3)12-14-27/h4-10,15,18,25H,11-14,16-17H2,1-3H3,(H,24,28). The van der Waals surface area contributed by atoms with Crippen molar-refractivity contribution in [3.8, 4) is 0 Å².